The first-order chi connectivity index (χ1) is 16.9. The highest BCUT2D eigenvalue weighted by molar-refractivity contribution is 7.88. The van der Waals surface area contributed by atoms with E-state index in [1.54, 1.807) is 11.1 Å². The first-order valence-corrected chi connectivity index (χ1v) is 16.8. The Bertz CT molecular complexity index is 1040. The van der Waals surface area contributed by atoms with Crippen molar-refractivity contribution in [3.8, 4) is 0 Å². The van der Waals surface area contributed by atoms with Gasteiger partial charge in [0.25, 0.3) is 0 Å². The number of sulfonamides is 1. The van der Waals surface area contributed by atoms with Gasteiger partial charge in [0.15, 0.2) is 0 Å². The standard InChI is InChI=1S/C30H50N2O3S/c1-18-13-26-27(31-17-18)20(3)30(35-26)12-10-23-24(19(2)15-30)16-29(5)25(23)8-7-21-14-22(32-36(6,33)34)9-11-28(21,29)4/h18,20-23,25-27,31-32H,7-17H2,1-6H3/t18-,20+,21+,22+,23+,25-,26+,27-,28-,29-,30-/m0/s1. The lowest BCUT2D eigenvalue weighted by Crippen LogP contribution is -2.55. The number of rotatable bonds is 2. The lowest BCUT2D eigenvalue weighted by molar-refractivity contribution is -0.108. The summed E-state index contributed by atoms with van der Waals surface area (Å²) in [6.45, 7) is 13.6. The normalized spacial score (nSPS) is 52.9. The Morgan fingerprint density at radius 1 is 1.00 bits per heavy atom. The number of piperidine rings is 1. The third-order valence-corrected chi connectivity index (χ3v) is 13.5. The summed E-state index contributed by atoms with van der Waals surface area (Å²) < 4.78 is 33.8. The van der Waals surface area contributed by atoms with Gasteiger partial charge in [-0.1, -0.05) is 38.8 Å². The minimum absolute atomic E-state index is 0.0146. The summed E-state index contributed by atoms with van der Waals surface area (Å²) in [7, 11) is -3.14. The summed E-state index contributed by atoms with van der Waals surface area (Å²) in [5, 5.41) is 3.86. The van der Waals surface area contributed by atoms with Crippen LogP contribution in [-0.4, -0.2) is 45.0 Å². The molecule has 3 saturated carbocycles. The van der Waals surface area contributed by atoms with Gasteiger partial charge in [0.1, 0.15) is 0 Å². The number of ether oxygens (including phenoxy) is 1. The van der Waals surface area contributed by atoms with Gasteiger partial charge in [0.05, 0.1) is 18.0 Å². The van der Waals surface area contributed by atoms with Gasteiger partial charge in [-0.2, -0.15) is 0 Å². The first-order valence-electron chi connectivity index (χ1n) is 14.9. The fourth-order valence-electron chi connectivity index (χ4n) is 10.7. The van der Waals surface area contributed by atoms with E-state index >= 15 is 0 Å². The van der Waals surface area contributed by atoms with Crippen molar-refractivity contribution in [2.45, 2.75) is 123 Å². The van der Waals surface area contributed by atoms with E-state index in [2.05, 4.69) is 44.7 Å². The van der Waals surface area contributed by atoms with E-state index in [1.165, 1.54) is 44.8 Å². The molecule has 0 aromatic carbocycles. The predicted octanol–water partition coefficient (Wildman–Crippen LogP) is 5.42. The smallest absolute Gasteiger partial charge is 0.208 e. The van der Waals surface area contributed by atoms with Gasteiger partial charge < -0.3 is 10.1 Å². The maximum Gasteiger partial charge on any atom is 0.208 e. The maximum atomic E-state index is 11.9. The van der Waals surface area contributed by atoms with Crippen LogP contribution in [0.5, 0.6) is 0 Å². The molecule has 1 spiro atoms. The Morgan fingerprint density at radius 3 is 2.53 bits per heavy atom. The third-order valence-electron chi connectivity index (χ3n) is 12.8. The summed E-state index contributed by atoms with van der Waals surface area (Å²) in [6.07, 6.45) is 13.5. The number of allylic oxidation sites excluding steroid dienone is 1. The predicted molar refractivity (Wildman–Crippen MR) is 145 cm³/mol. The SMILES string of the molecule is CC1=C2C[C@@]3(C)[C@@H](CC[C@@H]4C[C@H](NS(C)(=O)=O)CC[C@@]43C)[C@@H]2CC[C@@]2(C1)O[C@@H]1C[C@H](C)CN[C@H]1[C@H]2C. The summed E-state index contributed by atoms with van der Waals surface area (Å²) in [4.78, 5) is 0. The molecule has 0 aromatic rings. The molecule has 5 nitrogen and oxygen atoms in total. The van der Waals surface area contributed by atoms with Gasteiger partial charge in [0.2, 0.25) is 10.0 Å². The third kappa shape index (κ3) is 3.82. The van der Waals surface area contributed by atoms with Crippen molar-refractivity contribution in [1.82, 2.24) is 10.0 Å². The van der Waals surface area contributed by atoms with Crippen LogP contribution in [0.1, 0.15) is 98.8 Å². The Kier molecular flexibility index (Phi) is 6.12. The fourth-order valence-corrected chi connectivity index (χ4v) is 11.5. The number of fused-ring (bicyclic) bond motifs is 6. The molecule has 2 aliphatic heterocycles. The number of hydrogen-bond acceptors (Lipinski definition) is 4. The molecule has 6 heteroatoms. The lowest BCUT2D eigenvalue weighted by atomic mass is 9.45. The van der Waals surface area contributed by atoms with Crippen LogP contribution in [0.2, 0.25) is 0 Å². The molecule has 6 aliphatic rings. The Balaban J connectivity index is 1.26. The molecule has 5 fully saturated rings. The van der Waals surface area contributed by atoms with Gasteiger partial charge in [-0.05, 0) is 112 Å². The van der Waals surface area contributed by atoms with Crippen molar-refractivity contribution >= 4 is 10.0 Å². The Morgan fingerprint density at radius 2 is 1.78 bits per heavy atom. The van der Waals surface area contributed by atoms with E-state index in [-0.39, 0.29) is 11.6 Å². The second-order valence-electron chi connectivity index (χ2n) is 14.7. The average Bonchev–Trinajstić information content (AvgIpc) is 3.18. The van der Waals surface area contributed by atoms with Crippen molar-refractivity contribution in [3.05, 3.63) is 11.1 Å². The quantitative estimate of drug-likeness (QED) is 0.479. The van der Waals surface area contributed by atoms with E-state index in [9.17, 15) is 8.42 Å². The fraction of sp³-hybridized carbons (Fsp3) is 0.933. The maximum absolute atomic E-state index is 11.9. The molecule has 2 saturated heterocycles. The van der Waals surface area contributed by atoms with Crippen LogP contribution in [0, 0.1) is 40.4 Å². The van der Waals surface area contributed by atoms with Gasteiger partial charge in [-0.3, -0.25) is 0 Å². The van der Waals surface area contributed by atoms with Gasteiger partial charge in [0, 0.05) is 18.0 Å². The molecule has 0 radical (unpaired) electrons. The molecule has 2 N–H and O–H groups in total. The van der Waals surface area contributed by atoms with Gasteiger partial charge in [-0.15, -0.1) is 0 Å². The van der Waals surface area contributed by atoms with Crippen molar-refractivity contribution in [2.75, 3.05) is 12.8 Å². The number of hydrogen-bond donors (Lipinski definition) is 2. The summed E-state index contributed by atoms with van der Waals surface area (Å²) in [5.41, 5.74) is 4.06. The van der Waals surface area contributed by atoms with Gasteiger partial charge >= 0.3 is 0 Å². The highest BCUT2D eigenvalue weighted by Gasteiger charge is 2.64. The molecular formula is C30H50N2O3S. The van der Waals surface area contributed by atoms with Crippen molar-refractivity contribution in [2.24, 2.45) is 40.4 Å². The van der Waals surface area contributed by atoms with Crippen LogP contribution >= 0.6 is 0 Å². The van der Waals surface area contributed by atoms with E-state index < -0.39 is 10.0 Å². The van der Waals surface area contributed by atoms with E-state index in [1.807, 2.05) is 0 Å². The first kappa shape index (κ1) is 25.8. The molecule has 204 valence electrons. The van der Waals surface area contributed by atoms with Crippen LogP contribution in [0.25, 0.3) is 0 Å². The van der Waals surface area contributed by atoms with Crippen LogP contribution in [0.3, 0.4) is 0 Å². The van der Waals surface area contributed by atoms with Crippen LogP contribution in [0.15, 0.2) is 11.1 Å². The zero-order valence-electron chi connectivity index (χ0n) is 23.5. The molecule has 36 heavy (non-hydrogen) atoms. The molecule has 6 rings (SSSR count). The zero-order valence-corrected chi connectivity index (χ0v) is 24.3. The molecular weight excluding hydrogens is 468 g/mol. The topological polar surface area (TPSA) is 67.4 Å². The van der Waals surface area contributed by atoms with E-state index in [0.717, 1.165) is 38.1 Å². The summed E-state index contributed by atoms with van der Waals surface area (Å²) in [6, 6.07) is 0.638. The van der Waals surface area contributed by atoms with Crippen LogP contribution in [0.4, 0.5) is 0 Å². The lowest BCUT2D eigenvalue weighted by Gasteiger charge is -2.60. The minimum Gasteiger partial charge on any atom is -0.369 e. The highest BCUT2D eigenvalue weighted by atomic mass is 32.2. The number of nitrogens with one attached hydrogen (secondary N) is 2. The van der Waals surface area contributed by atoms with Crippen molar-refractivity contribution < 1.29 is 13.2 Å². The highest BCUT2D eigenvalue weighted by Crippen LogP contribution is 2.71. The summed E-state index contributed by atoms with van der Waals surface area (Å²) in [5.74, 6) is 3.37. The molecule has 0 unspecified atom stereocenters. The van der Waals surface area contributed by atoms with Crippen molar-refractivity contribution in [3.63, 3.8) is 0 Å². The molecule has 0 aromatic heterocycles. The largest absolute Gasteiger partial charge is 0.369 e. The minimum atomic E-state index is -3.14. The van der Waals surface area contributed by atoms with E-state index in [0.29, 0.717) is 46.6 Å². The Labute approximate surface area is 220 Å². The monoisotopic (exact) mass is 518 g/mol. The van der Waals surface area contributed by atoms with Crippen molar-refractivity contribution in [1.29, 1.82) is 0 Å². The zero-order chi connectivity index (χ0) is 25.7. The Hall–Kier alpha value is -0.430. The summed E-state index contributed by atoms with van der Waals surface area (Å²) >= 11 is 0. The van der Waals surface area contributed by atoms with Gasteiger partial charge in [-0.25, -0.2) is 13.1 Å². The second kappa shape index (κ2) is 8.53. The molecule has 0 bridgehead atoms. The molecule has 0 amide bonds. The van der Waals surface area contributed by atoms with E-state index in [4.69, 9.17) is 4.74 Å². The van der Waals surface area contributed by atoms with Crippen LogP contribution in [-0.2, 0) is 14.8 Å². The second-order valence-corrected chi connectivity index (χ2v) is 16.4. The average molecular weight is 519 g/mol. The molecule has 11 atom stereocenters. The van der Waals surface area contributed by atoms with Crippen LogP contribution < -0.4 is 10.0 Å². The molecule has 2 heterocycles. The molecule has 4 aliphatic carbocycles.